The third-order valence-corrected chi connectivity index (χ3v) is 5.34. The third-order valence-electron chi connectivity index (χ3n) is 5.34. The zero-order valence-electron chi connectivity index (χ0n) is 14.7. The molecule has 0 aromatic carbocycles. The van der Waals surface area contributed by atoms with Crippen molar-refractivity contribution in [2.24, 2.45) is 0 Å². The summed E-state index contributed by atoms with van der Waals surface area (Å²) < 4.78 is 2.00. The summed E-state index contributed by atoms with van der Waals surface area (Å²) >= 11 is 0. The lowest BCUT2D eigenvalue weighted by molar-refractivity contribution is -0.117. The van der Waals surface area contributed by atoms with Crippen LogP contribution in [0.3, 0.4) is 0 Å². The van der Waals surface area contributed by atoms with Crippen LogP contribution < -0.4 is 9.80 Å². The zero-order chi connectivity index (χ0) is 17.7. The van der Waals surface area contributed by atoms with Gasteiger partial charge in [0.2, 0.25) is 5.91 Å². The lowest BCUT2D eigenvalue weighted by Gasteiger charge is -2.18. The molecule has 0 spiro atoms. The summed E-state index contributed by atoms with van der Waals surface area (Å²) in [6.07, 6.45) is 8.01. The summed E-state index contributed by atoms with van der Waals surface area (Å²) in [5.74, 6) is 1.15. The predicted octanol–water partition coefficient (Wildman–Crippen LogP) is 2.04. The molecule has 2 saturated heterocycles. The Hall–Kier alpha value is -2.90. The van der Waals surface area contributed by atoms with Crippen LogP contribution in [0.2, 0.25) is 0 Å². The number of aromatic amines is 1. The van der Waals surface area contributed by atoms with Gasteiger partial charge >= 0.3 is 0 Å². The smallest absolute Gasteiger partial charge is 0.227 e. The molecule has 2 aliphatic rings. The van der Waals surface area contributed by atoms with E-state index in [1.54, 1.807) is 6.33 Å². The number of hydrogen-bond donors (Lipinski definition) is 1. The van der Waals surface area contributed by atoms with Gasteiger partial charge in [-0.2, -0.15) is 5.10 Å². The first kappa shape index (κ1) is 15.4. The maximum Gasteiger partial charge on any atom is 0.227 e. The average Bonchev–Trinajstić information content (AvgIpc) is 3.39. The van der Waals surface area contributed by atoms with Crippen molar-refractivity contribution < 1.29 is 4.79 Å². The Kier molecular flexibility index (Phi) is 3.44. The minimum Gasteiger partial charge on any atom is -0.354 e. The van der Waals surface area contributed by atoms with Crippen LogP contribution >= 0.6 is 0 Å². The van der Waals surface area contributed by atoms with Crippen molar-refractivity contribution in [2.45, 2.75) is 32.2 Å². The standard InChI is InChI=1S/C18H21N7O/c1-12-7-15-17(22-12)18(20-11-19-15)23-6-4-13(9-23)25-10-14(8-21-25)24-5-2-3-16(24)26/h7-8,10-11,13,22H,2-6,9H2,1H3. The number of carbonyl (C=O) groups is 1. The maximum atomic E-state index is 11.9. The fourth-order valence-electron chi connectivity index (χ4n) is 4.04. The van der Waals surface area contributed by atoms with E-state index in [0.717, 1.165) is 60.7 Å². The average molecular weight is 351 g/mol. The van der Waals surface area contributed by atoms with E-state index in [9.17, 15) is 4.79 Å². The van der Waals surface area contributed by atoms with Crippen LogP contribution in [-0.4, -0.2) is 50.3 Å². The Morgan fingerprint density at radius 1 is 1.27 bits per heavy atom. The Labute approximate surface area is 150 Å². The van der Waals surface area contributed by atoms with Gasteiger partial charge in [0.25, 0.3) is 0 Å². The van der Waals surface area contributed by atoms with Crippen LogP contribution in [0.5, 0.6) is 0 Å². The van der Waals surface area contributed by atoms with Gasteiger partial charge in [-0.25, -0.2) is 9.97 Å². The van der Waals surface area contributed by atoms with Crippen LogP contribution in [0.15, 0.2) is 24.8 Å². The number of anilines is 2. The second kappa shape index (κ2) is 5.82. The SMILES string of the molecule is Cc1cc2ncnc(N3CCC(n4cc(N5CCCC5=O)cn4)C3)c2[nH]1. The van der Waals surface area contributed by atoms with Crippen LogP contribution in [-0.2, 0) is 4.79 Å². The number of nitrogens with one attached hydrogen (secondary N) is 1. The predicted molar refractivity (Wildman–Crippen MR) is 98.3 cm³/mol. The molecule has 0 radical (unpaired) electrons. The van der Waals surface area contributed by atoms with Crippen LogP contribution in [0.1, 0.15) is 31.0 Å². The van der Waals surface area contributed by atoms with Gasteiger partial charge in [-0.1, -0.05) is 0 Å². The molecule has 2 aliphatic heterocycles. The topological polar surface area (TPSA) is 82.9 Å². The molecule has 2 fully saturated rings. The molecular weight excluding hydrogens is 330 g/mol. The number of aryl methyl sites for hydroxylation is 1. The Balaban J connectivity index is 1.37. The molecular formula is C18H21N7O. The first-order chi connectivity index (χ1) is 12.7. The molecule has 5 rings (SSSR count). The molecule has 8 heteroatoms. The second-order valence-electron chi connectivity index (χ2n) is 7.13. The van der Waals surface area contributed by atoms with Crippen molar-refractivity contribution in [2.75, 3.05) is 29.4 Å². The van der Waals surface area contributed by atoms with E-state index in [1.807, 2.05) is 35.0 Å². The molecule has 26 heavy (non-hydrogen) atoms. The highest BCUT2D eigenvalue weighted by molar-refractivity contribution is 5.95. The van der Waals surface area contributed by atoms with Crippen LogP contribution in [0.4, 0.5) is 11.5 Å². The Morgan fingerprint density at radius 2 is 2.19 bits per heavy atom. The lowest BCUT2D eigenvalue weighted by Crippen LogP contribution is -2.23. The van der Waals surface area contributed by atoms with Gasteiger partial charge in [0.1, 0.15) is 11.8 Å². The van der Waals surface area contributed by atoms with Crippen LogP contribution in [0.25, 0.3) is 11.0 Å². The molecule has 0 bridgehead atoms. The van der Waals surface area contributed by atoms with Gasteiger partial charge in [-0.3, -0.25) is 9.48 Å². The quantitative estimate of drug-likeness (QED) is 0.781. The second-order valence-corrected chi connectivity index (χ2v) is 7.13. The van der Waals surface area contributed by atoms with Crippen molar-refractivity contribution >= 4 is 28.4 Å². The van der Waals surface area contributed by atoms with Gasteiger partial charge in [-0.05, 0) is 25.8 Å². The largest absolute Gasteiger partial charge is 0.354 e. The van der Waals surface area contributed by atoms with Crippen molar-refractivity contribution in [1.29, 1.82) is 0 Å². The van der Waals surface area contributed by atoms with E-state index in [0.29, 0.717) is 6.42 Å². The van der Waals surface area contributed by atoms with Crippen molar-refractivity contribution in [3.8, 4) is 0 Å². The maximum absolute atomic E-state index is 11.9. The Bertz CT molecular complexity index is 975. The van der Waals surface area contributed by atoms with Crippen molar-refractivity contribution in [3.63, 3.8) is 0 Å². The number of carbonyl (C=O) groups excluding carboxylic acids is 1. The van der Waals surface area contributed by atoms with E-state index >= 15 is 0 Å². The highest BCUT2D eigenvalue weighted by Crippen LogP contribution is 2.31. The summed E-state index contributed by atoms with van der Waals surface area (Å²) in [4.78, 5) is 28.3. The third kappa shape index (κ3) is 2.44. The highest BCUT2D eigenvalue weighted by atomic mass is 16.2. The zero-order valence-corrected chi connectivity index (χ0v) is 14.7. The number of amides is 1. The van der Waals surface area contributed by atoms with Gasteiger partial charge in [0.05, 0.1) is 23.4 Å². The minimum absolute atomic E-state index is 0.197. The van der Waals surface area contributed by atoms with Crippen LogP contribution in [0, 0.1) is 6.92 Å². The molecule has 8 nitrogen and oxygen atoms in total. The normalized spacial score (nSPS) is 20.7. The molecule has 5 heterocycles. The summed E-state index contributed by atoms with van der Waals surface area (Å²) in [5.41, 5.74) is 3.94. The number of aromatic nitrogens is 5. The first-order valence-electron chi connectivity index (χ1n) is 9.09. The number of nitrogens with zero attached hydrogens (tertiary/aromatic N) is 6. The summed E-state index contributed by atoms with van der Waals surface area (Å²) in [7, 11) is 0. The molecule has 1 atom stereocenters. The van der Waals surface area contributed by atoms with Gasteiger partial charge in [-0.15, -0.1) is 0 Å². The van der Waals surface area contributed by atoms with Gasteiger partial charge in [0, 0.05) is 37.9 Å². The molecule has 1 unspecified atom stereocenters. The molecule has 0 aliphatic carbocycles. The lowest BCUT2D eigenvalue weighted by atomic mass is 10.3. The van der Waals surface area contributed by atoms with E-state index in [2.05, 4.69) is 25.0 Å². The summed E-state index contributed by atoms with van der Waals surface area (Å²) in [5, 5.41) is 4.53. The van der Waals surface area contributed by atoms with E-state index in [-0.39, 0.29) is 11.9 Å². The number of rotatable bonds is 3. The highest BCUT2D eigenvalue weighted by Gasteiger charge is 2.29. The molecule has 1 N–H and O–H groups in total. The molecule has 0 saturated carbocycles. The van der Waals surface area contributed by atoms with Crippen molar-refractivity contribution in [3.05, 3.63) is 30.5 Å². The molecule has 134 valence electrons. The fourth-order valence-corrected chi connectivity index (χ4v) is 4.04. The molecule has 3 aromatic heterocycles. The molecule has 3 aromatic rings. The Morgan fingerprint density at radius 3 is 3.04 bits per heavy atom. The fraction of sp³-hybridized carbons (Fsp3) is 0.444. The first-order valence-corrected chi connectivity index (χ1v) is 9.09. The van der Waals surface area contributed by atoms with E-state index in [4.69, 9.17) is 0 Å². The van der Waals surface area contributed by atoms with Gasteiger partial charge < -0.3 is 14.8 Å². The van der Waals surface area contributed by atoms with E-state index in [1.165, 1.54) is 0 Å². The van der Waals surface area contributed by atoms with Gasteiger partial charge in [0.15, 0.2) is 5.82 Å². The minimum atomic E-state index is 0.197. The summed E-state index contributed by atoms with van der Waals surface area (Å²) in [6, 6.07) is 2.32. The monoisotopic (exact) mass is 351 g/mol. The number of hydrogen-bond acceptors (Lipinski definition) is 5. The number of H-pyrrole nitrogens is 1. The summed E-state index contributed by atoms with van der Waals surface area (Å²) in [6.45, 7) is 4.60. The van der Waals surface area contributed by atoms with E-state index < -0.39 is 0 Å². The number of fused-ring (bicyclic) bond motifs is 1. The van der Waals surface area contributed by atoms with Crippen molar-refractivity contribution in [1.82, 2.24) is 24.7 Å². The molecule has 1 amide bonds.